The van der Waals surface area contributed by atoms with Gasteiger partial charge < -0.3 is 5.11 Å². The van der Waals surface area contributed by atoms with Gasteiger partial charge in [0, 0.05) is 18.8 Å². The lowest BCUT2D eigenvalue weighted by Crippen LogP contribution is -2.14. The highest BCUT2D eigenvalue weighted by molar-refractivity contribution is 5.86. The van der Waals surface area contributed by atoms with E-state index in [9.17, 15) is 9.59 Å². The number of rotatable bonds is 7. The van der Waals surface area contributed by atoms with Crippen molar-refractivity contribution in [2.75, 3.05) is 0 Å². The third-order valence-corrected chi connectivity index (χ3v) is 2.73. The van der Waals surface area contributed by atoms with Gasteiger partial charge >= 0.3 is 5.97 Å². The molecule has 17 heavy (non-hydrogen) atoms. The monoisotopic (exact) mass is 234 g/mol. The molecule has 0 aliphatic rings. The molecule has 3 nitrogen and oxygen atoms in total. The van der Waals surface area contributed by atoms with Gasteiger partial charge in [-0.2, -0.15) is 0 Å². The van der Waals surface area contributed by atoms with Crippen molar-refractivity contribution in [2.24, 2.45) is 0 Å². The minimum Gasteiger partial charge on any atom is -0.481 e. The SMILES string of the molecule is CCCC(=O)C(CCC(=O)O)c1ccccc1. The molecule has 0 saturated carbocycles. The molecule has 1 atom stereocenters. The lowest BCUT2D eigenvalue weighted by molar-refractivity contribution is -0.137. The smallest absolute Gasteiger partial charge is 0.303 e. The summed E-state index contributed by atoms with van der Waals surface area (Å²) in [6.07, 6.45) is 1.74. The summed E-state index contributed by atoms with van der Waals surface area (Å²) in [5.41, 5.74) is 0.923. The molecule has 0 spiro atoms. The number of aliphatic carboxylic acids is 1. The van der Waals surface area contributed by atoms with Gasteiger partial charge in [0.2, 0.25) is 0 Å². The predicted octanol–water partition coefficient (Wildman–Crippen LogP) is 3.00. The molecule has 1 aromatic rings. The van der Waals surface area contributed by atoms with Crippen LogP contribution in [0.25, 0.3) is 0 Å². The average Bonchev–Trinajstić information content (AvgIpc) is 2.30. The summed E-state index contributed by atoms with van der Waals surface area (Å²) in [4.78, 5) is 22.6. The van der Waals surface area contributed by atoms with Crippen molar-refractivity contribution in [3.8, 4) is 0 Å². The summed E-state index contributed by atoms with van der Waals surface area (Å²) in [7, 11) is 0. The van der Waals surface area contributed by atoms with Crippen LogP contribution < -0.4 is 0 Å². The van der Waals surface area contributed by atoms with Crippen LogP contribution in [0.5, 0.6) is 0 Å². The molecular formula is C14H18O3. The number of carboxylic acids is 1. The largest absolute Gasteiger partial charge is 0.481 e. The third-order valence-electron chi connectivity index (χ3n) is 2.73. The van der Waals surface area contributed by atoms with E-state index < -0.39 is 5.97 Å². The van der Waals surface area contributed by atoms with Gasteiger partial charge in [-0.15, -0.1) is 0 Å². The molecule has 0 saturated heterocycles. The fourth-order valence-corrected chi connectivity index (χ4v) is 1.89. The van der Waals surface area contributed by atoms with Gasteiger partial charge in [0.25, 0.3) is 0 Å². The second-order valence-electron chi connectivity index (χ2n) is 4.11. The Labute approximate surface area is 101 Å². The second-order valence-corrected chi connectivity index (χ2v) is 4.11. The van der Waals surface area contributed by atoms with Crippen molar-refractivity contribution < 1.29 is 14.7 Å². The van der Waals surface area contributed by atoms with Crippen molar-refractivity contribution in [2.45, 2.75) is 38.5 Å². The maximum Gasteiger partial charge on any atom is 0.303 e. The summed E-state index contributed by atoms with van der Waals surface area (Å²) in [5.74, 6) is -0.984. The van der Waals surface area contributed by atoms with Crippen LogP contribution in [0.3, 0.4) is 0 Å². The molecule has 0 radical (unpaired) electrons. The molecule has 3 heteroatoms. The summed E-state index contributed by atoms with van der Waals surface area (Å²) in [5, 5.41) is 8.71. The van der Waals surface area contributed by atoms with E-state index in [1.807, 2.05) is 37.3 Å². The fourth-order valence-electron chi connectivity index (χ4n) is 1.89. The van der Waals surface area contributed by atoms with Crippen LogP contribution in [0.15, 0.2) is 30.3 Å². The minimum absolute atomic E-state index is 0.0367. The first kappa shape index (κ1) is 13.4. The van der Waals surface area contributed by atoms with Gasteiger partial charge in [-0.3, -0.25) is 9.59 Å². The Morgan fingerprint density at radius 2 is 1.82 bits per heavy atom. The van der Waals surface area contributed by atoms with Crippen LogP contribution in [0, 0.1) is 0 Å². The van der Waals surface area contributed by atoms with Crippen molar-refractivity contribution in [1.82, 2.24) is 0 Å². The lowest BCUT2D eigenvalue weighted by atomic mass is 9.88. The van der Waals surface area contributed by atoms with Crippen molar-refractivity contribution in [1.29, 1.82) is 0 Å². The zero-order valence-corrected chi connectivity index (χ0v) is 10.1. The normalized spacial score (nSPS) is 12.1. The van der Waals surface area contributed by atoms with E-state index in [1.54, 1.807) is 0 Å². The van der Waals surface area contributed by atoms with E-state index in [0.29, 0.717) is 12.8 Å². The Hall–Kier alpha value is -1.64. The molecule has 0 heterocycles. The lowest BCUT2D eigenvalue weighted by Gasteiger charge is -2.14. The molecule has 0 amide bonds. The Kier molecular flexibility index (Phi) is 5.40. The van der Waals surface area contributed by atoms with Crippen LogP contribution in [-0.4, -0.2) is 16.9 Å². The summed E-state index contributed by atoms with van der Waals surface area (Å²) in [6.45, 7) is 1.96. The van der Waals surface area contributed by atoms with Crippen LogP contribution >= 0.6 is 0 Å². The van der Waals surface area contributed by atoms with E-state index in [1.165, 1.54) is 0 Å². The van der Waals surface area contributed by atoms with Gasteiger partial charge in [-0.05, 0) is 18.4 Å². The number of benzene rings is 1. The zero-order valence-electron chi connectivity index (χ0n) is 10.1. The molecule has 1 unspecified atom stereocenters. The molecule has 1 aromatic carbocycles. The zero-order chi connectivity index (χ0) is 12.7. The van der Waals surface area contributed by atoms with Gasteiger partial charge in [0.1, 0.15) is 5.78 Å². The number of Topliss-reactive ketones (excluding diaryl/α,β-unsaturated/α-hetero) is 1. The van der Waals surface area contributed by atoms with E-state index in [4.69, 9.17) is 5.11 Å². The molecule has 1 rings (SSSR count). The maximum absolute atomic E-state index is 12.0. The Balaban J connectivity index is 2.78. The van der Waals surface area contributed by atoms with Gasteiger partial charge in [-0.1, -0.05) is 37.3 Å². The number of carbonyl (C=O) groups is 2. The molecule has 0 aliphatic carbocycles. The summed E-state index contributed by atoms with van der Waals surface area (Å²) >= 11 is 0. The van der Waals surface area contributed by atoms with Gasteiger partial charge in [-0.25, -0.2) is 0 Å². The predicted molar refractivity (Wildman–Crippen MR) is 66.0 cm³/mol. The van der Waals surface area contributed by atoms with Crippen molar-refractivity contribution in [3.63, 3.8) is 0 Å². The van der Waals surface area contributed by atoms with E-state index in [0.717, 1.165) is 12.0 Å². The summed E-state index contributed by atoms with van der Waals surface area (Å²) in [6, 6.07) is 9.42. The van der Waals surface area contributed by atoms with Crippen LogP contribution in [0.4, 0.5) is 0 Å². The molecule has 0 aromatic heterocycles. The standard InChI is InChI=1S/C14H18O3/c1-2-6-13(15)12(9-10-14(16)17)11-7-4-3-5-8-11/h3-5,7-8,12H,2,6,9-10H2,1H3,(H,16,17). The van der Waals surface area contributed by atoms with E-state index in [2.05, 4.69) is 0 Å². The third kappa shape index (κ3) is 4.39. The summed E-state index contributed by atoms with van der Waals surface area (Å²) < 4.78 is 0. The second kappa shape index (κ2) is 6.84. The highest BCUT2D eigenvalue weighted by atomic mass is 16.4. The van der Waals surface area contributed by atoms with E-state index >= 15 is 0 Å². The topological polar surface area (TPSA) is 54.4 Å². The van der Waals surface area contributed by atoms with Crippen LogP contribution in [-0.2, 0) is 9.59 Å². The quantitative estimate of drug-likeness (QED) is 0.789. The van der Waals surface area contributed by atoms with Crippen LogP contribution in [0.2, 0.25) is 0 Å². The first-order valence-corrected chi connectivity index (χ1v) is 5.94. The molecule has 0 bridgehead atoms. The fraction of sp³-hybridized carbons (Fsp3) is 0.429. The highest BCUT2D eigenvalue weighted by Gasteiger charge is 2.20. The number of hydrogen-bond donors (Lipinski definition) is 1. The molecule has 92 valence electrons. The van der Waals surface area contributed by atoms with Crippen molar-refractivity contribution >= 4 is 11.8 Å². The number of ketones is 1. The Bertz CT molecular complexity index is 370. The number of carboxylic acid groups (broad SMARTS) is 1. The number of carbonyl (C=O) groups excluding carboxylic acids is 1. The van der Waals surface area contributed by atoms with Crippen molar-refractivity contribution in [3.05, 3.63) is 35.9 Å². The Morgan fingerprint density at radius 1 is 1.18 bits per heavy atom. The number of hydrogen-bond acceptors (Lipinski definition) is 2. The van der Waals surface area contributed by atoms with Gasteiger partial charge in [0.15, 0.2) is 0 Å². The Morgan fingerprint density at radius 3 is 2.35 bits per heavy atom. The first-order valence-electron chi connectivity index (χ1n) is 5.94. The maximum atomic E-state index is 12.0. The molecule has 0 fully saturated rings. The highest BCUT2D eigenvalue weighted by Crippen LogP contribution is 2.24. The molecule has 0 aliphatic heterocycles. The minimum atomic E-state index is -0.852. The van der Waals surface area contributed by atoms with Gasteiger partial charge in [0.05, 0.1) is 0 Å². The average molecular weight is 234 g/mol. The molecule has 1 N–H and O–H groups in total. The first-order chi connectivity index (χ1) is 8.15. The molecular weight excluding hydrogens is 216 g/mol. The van der Waals surface area contributed by atoms with E-state index in [-0.39, 0.29) is 18.1 Å². The van der Waals surface area contributed by atoms with Crippen LogP contribution in [0.1, 0.15) is 44.1 Å².